The van der Waals surface area contributed by atoms with E-state index in [0.29, 0.717) is 0 Å². The summed E-state index contributed by atoms with van der Waals surface area (Å²) >= 11 is 1.91. The number of nitrogens with one attached hydrogen (secondary N) is 1. The van der Waals surface area contributed by atoms with Crippen LogP contribution >= 0.6 is 11.8 Å². The van der Waals surface area contributed by atoms with Crippen molar-refractivity contribution in [3.63, 3.8) is 0 Å². The Morgan fingerprint density at radius 1 is 1.64 bits per heavy atom. The number of thioether (sulfide) groups is 1. The van der Waals surface area contributed by atoms with E-state index >= 15 is 0 Å². The van der Waals surface area contributed by atoms with Gasteiger partial charge in [0.25, 0.3) is 0 Å². The molecule has 0 aromatic rings. The monoisotopic (exact) mass is 170 g/mol. The summed E-state index contributed by atoms with van der Waals surface area (Å²) in [5, 5.41) is 4.69. The van der Waals surface area contributed by atoms with Crippen LogP contribution in [0.5, 0.6) is 0 Å². The Morgan fingerprint density at radius 3 is 3.09 bits per heavy atom. The average Bonchev–Trinajstić information content (AvgIpc) is 2.34. The first-order valence-corrected chi connectivity index (χ1v) is 5.19. The van der Waals surface area contributed by atoms with Crippen molar-refractivity contribution in [3.05, 3.63) is 0 Å². The third kappa shape index (κ3) is 1.44. The van der Waals surface area contributed by atoms with Crippen LogP contribution in [0.2, 0.25) is 0 Å². The van der Waals surface area contributed by atoms with Gasteiger partial charge >= 0.3 is 0 Å². The summed E-state index contributed by atoms with van der Waals surface area (Å²) in [7, 11) is 0. The molecule has 1 saturated heterocycles. The standard InChI is InChI=1S/C8H14N2S/c1-7-10-8(6-11-7)3-2-4-9-5-8/h9H,2-6H2,1H3. The van der Waals surface area contributed by atoms with Gasteiger partial charge in [-0.2, -0.15) is 0 Å². The zero-order valence-electron chi connectivity index (χ0n) is 6.89. The molecule has 2 heterocycles. The second-order valence-corrected chi connectivity index (χ2v) is 4.59. The van der Waals surface area contributed by atoms with Gasteiger partial charge < -0.3 is 5.32 Å². The van der Waals surface area contributed by atoms with Gasteiger partial charge in [-0.05, 0) is 26.3 Å². The van der Waals surface area contributed by atoms with E-state index in [2.05, 4.69) is 12.2 Å². The van der Waals surface area contributed by atoms with Gasteiger partial charge in [-0.25, -0.2) is 0 Å². The van der Waals surface area contributed by atoms with Crippen LogP contribution in [-0.4, -0.2) is 29.4 Å². The number of hydrogen-bond acceptors (Lipinski definition) is 3. The lowest BCUT2D eigenvalue weighted by atomic mass is 9.93. The van der Waals surface area contributed by atoms with E-state index in [0.717, 1.165) is 6.54 Å². The fourth-order valence-electron chi connectivity index (χ4n) is 1.81. The maximum Gasteiger partial charge on any atom is 0.0835 e. The molecule has 0 aliphatic carbocycles. The molecule has 0 amide bonds. The van der Waals surface area contributed by atoms with Gasteiger partial charge in [-0.3, -0.25) is 4.99 Å². The Balaban J connectivity index is 2.09. The summed E-state index contributed by atoms with van der Waals surface area (Å²) in [5.74, 6) is 1.20. The van der Waals surface area contributed by atoms with Crippen LogP contribution < -0.4 is 5.32 Å². The van der Waals surface area contributed by atoms with Crippen molar-refractivity contribution < 1.29 is 0 Å². The smallest absolute Gasteiger partial charge is 0.0835 e. The number of piperidine rings is 1. The normalized spacial score (nSPS) is 37.7. The minimum atomic E-state index is 0.285. The zero-order chi connectivity index (χ0) is 7.73. The summed E-state index contributed by atoms with van der Waals surface area (Å²) < 4.78 is 0. The van der Waals surface area contributed by atoms with Gasteiger partial charge in [0.1, 0.15) is 0 Å². The van der Waals surface area contributed by atoms with Crippen molar-refractivity contribution in [1.29, 1.82) is 0 Å². The molecule has 1 N–H and O–H groups in total. The SMILES string of the molecule is CC1=NC2(CCCNC2)CS1. The lowest BCUT2D eigenvalue weighted by Crippen LogP contribution is -2.44. The minimum Gasteiger partial charge on any atom is -0.314 e. The van der Waals surface area contributed by atoms with Crippen molar-refractivity contribution in [2.45, 2.75) is 25.3 Å². The largest absolute Gasteiger partial charge is 0.314 e. The molecule has 2 aliphatic rings. The highest BCUT2D eigenvalue weighted by molar-refractivity contribution is 8.14. The molecule has 2 aliphatic heterocycles. The van der Waals surface area contributed by atoms with Crippen molar-refractivity contribution in [3.8, 4) is 0 Å². The van der Waals surface area contributed by atoms with E-state index in [4.69, 9.17) is 4.99 Å². The van der Waals surface area contributed by atoms with Gasteiger partial charge in [0, 0.05) is 12.3 Å². The van der Waals surface area contributed by atoms with Gasteiger partial charge in [-0.15, -0.1) is 11.8 Å². The third-order valence-electron chi connectivity index (χ3n) is 2.39. The van der Waals surface area contributed by atoms with E-state index in [1.165, 1.54) is 30.2 Å². The van der Waals surface area contributed by atoms with Crippen LogP contribution in [-0.2, 0) is 0 Å². The maximum absolute atomic E-state index is 4.70. The number of nitrogens with zero attached hydrogens (tertiary/aromatic N) is 1. The molecular formula is C8H14N2S. The molecule has 1 atom stereocenters. The first-order chi connectivity index (χ1) is 5.31. The molecule has 0 aromatic carbocycles. The number of hydrogen-bond donors (Lipinski definition) is 1. The van der Waals surface area contributed by atoms with Crippen molar-refractivity contribution >= 4 is 16.8 Å². The topological polar surface area (TPSA) is 24.4 Å². The minimum absolute atomic E-state index is 0.285. The Hall–Kier alpha value is -0.0200. The second-order valence-electron chi connectivity index (χ2n) is 3.42. The molecule has 62 valence electrons. The summed E-state index contributed by atoms with van der Waals surface area (Å²) in [4.78, 5) is 4.70. The van der Waals surface area contributed by atoms with E-state index < -0.39 is 0 Å². The van der Waals surface area contributed by atoms with E-state index in [1.54, 1.807) is 0 Å². The van der Waals surface area contributed by atoms with Gasteiger partial charge in [0.05, 0.1) is 10.6 Å². The summed E-state index contributed by atoms with van der Waals surface area (Å²) in [6.07, 6.45) is 2.57. The lowest BCUT2D eigenvalue weighted by molar-refractivity contribution is 0.354. The Labute approximate surface area is 71.9 Å². The molecule has 3 heteroatoms. The molecular weight excluding hydrogens is 156 g/mol. The van der Waals surface area contributed by atoms with Gasteiger partial charge in [-0.1, -0.05) is 0 Å². The van der Waals surface area contributed by atoms with Crippen LogP contribution in [0.15, 0.2) is 4.99 Å². The van der Waals surface area contributed by atoms with Gasteiger partial charge in [0.2, 0.25) is 0 Å². The fourth-order valence-corrected chi connectivity index (χ4v) is 2.85. The van der Waals surface area contributed by atoms with Crippen LogP contribution in [0.4, 0.5) is 0 Å². The highest BCUT2D eigenvalue weighted by Crippen LogP contribution is 2.32. The van der Waals surface area contributed by atoms with E-state index in [1.807, 2.05) is 11.8 Å². The zero-order valence-corrected chi connectivity index (χ0v) is 7.71. The Kier molecular flexibility index (Phi) is 1.93. The molecule has 2 nitrogen and oxygen atoms in total. The fraction of sp³-hybridized carbons (Fsp3) is 0.875. The molecule has 1 fully saturated rings. The maximum atomic E-state index is 4.70. The Morgan fingerprint density at radius 2 is 2.55 bits per heavy atom. The first kappa shape index (κ1) is 7.62. The molecule has 11 heavy (non-hydrogen) atoms. The van der Waals surface area contributed by atoms with Crippen LogP contribution in [0, 0.1) is 0 Å². The van der Waals surface area contributed by atoms with Crippen molar-refractivity contribution in [1.82, 2.24) is 5.32 Å². The summed E-state index contributed by atoms with van der Waals surface area (Å²) in [6.45, 7) is 4.40. The Bertz CT molecular complexity index is 183. The number of rotatable bonds is 0. The third-order valence-corrected chi connectivity index (χ3v) is 3.58. The number of aliphatic imine (C=N–C) groups is 1. The lowest BCUT2D eigenvalue weighted by Gasteiger charge is -2.30. The summed E-state index contributed by atoms with van der Waals surface area (Å²) in [5.41, 5.74) is 0.285. The van der Waals surface area contributed by atoms with Crippen LogP contribution in [0.3, 0.4) is 0 Å². The molecule has 2 rings (SSSR count). The summed E-state index contributed by atoms with van der Waals surface area (Å²) in [6, 6.07) is 0. The van der Waals surface area contributed by atoms with E-state index in [9.17, 15) is 0 Å². The quantitative estimate of drug-likeness (QED) is 0.592. The molecule has 1 unspecified atom stereocenters. The van der Waals surface area contributed by atoms with Gasteiger partial charge in [0.15, 0.2) is 0 Å². The van der Waals surface area contributed by atoms with Crippen LogP contribution in [0.1, 0.15) is 19.8 Å². The van der Waals surface area contributed by atoms with Crippen LogP contribution in [0.25, 0.3) is 0 Å². The average molecular weight is 170 g/mol. The second kappa shape index (κ2) is 2.79. The highest BCUT2D eigenvalue weighted by Gasteiger charge is 2.35. The predicted molar refractivity (Wildman–Crippen MR) is 50.4 cm³/mol. The molecule has 0 saturated carbocycles. The van der Waals surface area contributed by atoms with Crippen molar-refractivity contribution in [2.75, 3.05) is 18.8 Å². The van der Waals surface area contributed by atoms with E-state index in [-0.39, 0.29) is 5.54 Å². The predicted octanol–water partition coefficient (Wildman–Crippen LogP) is 1.27. The molecule has 0 radical (unpaired) electrons. The molecule has 0 aromatic heterocycles. The van der Waals surface area contributed by atoms with Crippen molar-refractivity contribution in [2.24, 2.45) is 4.99 Å². The first-order valence-electron chi connectivity index (χ1n) is 4.21. The molecule has 1 spiro atoms. The molecule has 0 bridgehead atoms. The highest BCUT2D eigenvalue weighted by atomic mass is 32.2.